The first kappa shape index (κ1) is 15.0. The molecule has 0 saturated carbocycles. The Kier molecular flexibility index (Phi) is 3.64. The van der Waals surface area contributed by atoms with Gasteiger partial charge in [0.05, 0.1) is 11.0 Å². The first-order chi connectivity index (χ1) is 10.4. The summed E-state index contributed by atoms with van der Waals surface area (Å²) in [6.07, 6.45) is -1.06. The van der Waals surface area contributed by atoms with Crippen molar-refractivity contribution in [2.45, 2.75) is 23.5 Å². The van der Waals surface area contributed by atoms with Crippen molar-refractivity contribution in [3.8, 4) is 0 Å². The molecule has 0 bridgehead atoms. The van der Waals surface area contributed by atoms with E-state index < -0.39 is 28.1 Å². The van der Waals surface area contributed by atoms with Crippen LogP contribution in [-0.2, 0) is 14.8 Å². The van der Waals surface area contributed by atoms with Gasteiger partial charge in [0.2, 0.25) is 10.0 Å². The number of aliphatic hydroxyl groups excluding tert-OH is 1. The van der Waals surface area contributed by atoms with Crippen LogP contribution in [-0.4, -0.2) is 47.6 Å². The maximum atomic E-state index is 12.7. The molecule has 0 aliphatic carbocycles. The van der Waals surface area contributed by atoms with E-state index in [0.29, 0.717) is 0 Å². The Morgan fingerprint density at radius 1 is 1.14 bits per heavy atom. The maximum absolute atomic E-state index is 12.7. The lowest BCUT2D eigenvalue weighted by Gasteiger charge is -2.20. The van der Waals surface area contributed by atoms with Crippen molar-refractivity contribution >= 4 is 26.8 Å². The van der Waals surface area contributed by atoms with Crippen LogP contribution in [0.15, 0.2) is 47.4 Å². The monoisotopic (exact) mass is 321 g/mol. The number of rotatable bonds is 3. The third kappa shape index (κ3) is 2.47. The summed E-state index contributed by atoms with van der Waals surface area (Å²) in [4.78, 5) is 11.3. The van der Waals surface area contributed by atoms with Gasteiger partial charge in [0.15, 0.2) is 0 Å². The number of aliphatic hydroxyl groups is 1. The van der Waals surface area contributed by atoms with Crippen molar-refractivity contribution < 1.29 is 23.4 Å². The zero-order chi connectivity index (χ0) is 15.9. The van der Waals surface area contributed by atoms with Gasteiger partial charge in [0.25, 0.3) is 0 Å². The first-order valence-corrected chi connectivity index (χ1v) is 8.25. The summed E-state index contributed by atoms with van der Waals surface area (Å²) in [5.74, 6) is -1.25. The van der Waals surface area contributed by atoms with Crippen LogP contribution in [0.2, 0.25) is 0 Å². The molecule has 116 valence electrons. The Morgan fingerprint density at radius 3 is 2.50 bits per heavy atom. The van der Waals surface area contributed by atoms with Crippen LogP contribution in [0, 0.1) is 0 Å². The number of nitrogens with zero attached hydrogens (tertiary/aromatic N) is 1. The van der Waals surface area contributed by atoms with Gasteiger partial charge in [-0.15, -0.1) is 0 Å². The Bertz CT molecular complexity index is 833. The molecule has 1 aliphatic rings. The molecule has 2 atom stereocenters. The SMILES string of the molecule is O=C(O)[C@@H]1C[C@@H](O)CN1S(=O)(=O)c1ccc2ccccc2c1. The van der Waals surface area contributed by atoms with Crippen molar-refractivity contribution in [1.82, 2.24) is 4.31 Å². The molecule has 22 heavy (non-hydrogen) atoms. The van der Waals surface area contributed by atoms with E-state index in [1.807, 2.05) is 12.1 Å². The Labute approximate surface area is 127 Å². The molecule has 2 aromatic rings. The molecule has 1 heterocycles. The quantitative estimate of drug-likeness (QED) is 0.881. The third-order valence-electron chi connectivity index (χ3n) is 3.85. The highest BCUT2D eigenvalue weighted by Crippen LogP contribution is 2.28. The summed E-state index contributed by atoms with van der Waals surface area (Å²) < 4.78 is 26.2. The second kappa shape index (κ2) is 5.35. The molecule has 0 amide bonds. The molecular weight excluding hydrogens is 306 g/mol. The minimum Gasteiger partial charge on any atom is -0.480 e. The highest BCUT2D eigenvalue weighted by atomic mass is 32.2. The fraction of sp³-hybridized carbons (Fsp3) is 0.267. The number of benzene rings is 2. The van der Waals surface area contributed by atoms with Crippen LogP contribution < -0.4 is 0 Å². The molecule has 3 rings (SSSR count). The number of fused-ring (bicyclic) bond motifs is 1. The molecule has 0 spiro atoms. The summed E-state index contributed by atoms with van der Waals surface area (Å²) in [5, 5.41) is 20.5. The number of carboxylic acids is 1. The first-order valence-electron chi connectivity index (χ1n) is 6.81. The van der Waals surface area contributed by atoms with Gasteiger partial charge >= 0.3 is 5.97 Å². The van der Waals surface area contributed by atoms with E-state index >= 15 is 0 Å². The van der Waals surface area contributed by atoms with Crippen molar-refractivity contribution in [3.05, 3.63) is 42.5 Å². The van der Waals surface area contributed by atoms with Crippen LogP contribution in [0.1, 0.15) is 6.42 Å². The fourth-order valence-electron chi connectivity index (χ4n) is 2.74. The maximum Gasteiger partial charge on any atom is 0.322 e. The predicted molar refractivity (Wildman–Crippen MR) is 79.9 cm³/mol. The third-order valence-corrected chi connectivity index (χ3v) is 5.72. The molecule has 2 N–H and O–H groups in total. The van der Waals surface area contributed by atoms with Crippen molar-refractivity contribution in [2.75, 3.05) is 6.54 Å². The van der Waals surface area contributed by atoms with Gasteiger partial charge in [0.1, 0.15) is 6.04 Å². The lowest BCUT2D eigenvalue weighted by molar-refractivity contribution is -0.140. The lowest BCUT2D eigenvalue weighted by Crippen LogP contribution is -2.40. The normalized spacial score (nSPS) is 23.0. The van der Waals surface area contributed by atoms with Crippen molar-refractivity contribution in [1.29, 1.82) is 0 Å². The molecule has 1 fully saturated rings. The number of hydrogen-bond acceptors (Lipinski definition) is 4. The van der Waals surface area contributed by atoms with Crippen LogP contribution in [0.3, 0.4) is 0 Å². The fourth-order valence-corrected chi connectivity index (χ4v) is 4.40. The second-order valence-corrected chi connectivity index (χ2v) is 7.22. The summed E-state index contributed by atoms with van der Waals surface area (Å²) in [6.45, 7) is -0.202. The Morgan fingerprint density at radius 2 is 1.82 bits per heavy atom. The topological polar surface area (TPSA) is 94.9 Å². The van der Waals surface area contributed by atoms with Gasteiger partial charge in [-0.2, -0.15) is 4.31 Å². The number of hydrogen-bond donors (Lipinski definition) is 2. The van der Waals surface area contributed by atoms with Crippen molar-refractivity contribution in [3.63, 3.8) is 0 Å². The minimum atomic E-state index is -3.96. The van der Waals surface area contributed by atoms with E-state index in [9.17, 15) is 18.3 Å². The van der Waals surface area contributed by atoms with Crippen LogP contribution in [0.4, 0.5) is 0 Å². The second-order valence-electron chi connectivity index (χ2n) is 5.33. The summed E-state index contributed by atoms with van der Waals surface area (Å²) in [5.41, 5.74) is 0. The van der Waals surface area contributed by atoms with Crippen molar-refractivity contribution in [2.24, 2.45) is 0 Å². The van der Waals surface area contributed by atoms with E-state index in [4.69, 9.17) is 5.11 Å². The van der Waals surface area contributed by atoms with E-state index in [1.165, 1.54) is 12.1 Å². The van der Waals surface area contributed by atoms with E-state index in [0.717, 1.165) is 15.1 Å². The average Bonchev–Trinajstić information content (AvgIpc) is 2.90. The smallest absolute Gasteiger partial charge is 0.322 e. The average molecular weight is 321 g/mol. The van der Waals surface area contributed by atoms with E-state index in [2.05, 4.69) is 0 Å². The highest BCUT2D eigenvalue weighted by Gasteiger charge is 2.43. The van der Waals surface area contributed by atoms with Gasteiger partial charge in [-0.25, -0.2) is 8.42 Å². The largest absolute Gasteiger partial charge is 0.480 e. The van der Waals surface area contributed by atoms with E-state index in [1.54, 1.807) is 18.2 Å². The Balaban J connectivity index is 2.05. The van der Waals surface area contributed by atoms with Gasteiger partial charge in [-0.3, -0.25) is 4.79 Å². The lowest BCUT2D eigenvalue weighted by atomic mass is 10.1. The zero-order valence-electron chi connectivity index (χ0n) is 11.6. The zero-order valence-corrected chi connectivity index (χ0v) is 12.4. The molecular formula is C15H15NO5S. The predicted octanol–water partition coefficient (Wildman–Crippen LogP) is 1.05. The van der Waals surface area contributed by atoms with Crippen LogP contribution in [0.25, 0.3) is 10.8 Å². The minimum absolute atomic E-state index is 0.0338. The molecule has 6 nitrogen and oxygen atoms in total. The van der Waals surface area contributed by atoms with Crippen LogP contribution >= 0.6 is 0 Å². The molecule has 0 aromatic heterocycles. The molecule has 1 aliphatic heterocycles. The summed E-state index contributed by atoms with van der Waals surface area (Å²) in [7, 11) is -3.96. The van der Waals surface area contributed by atoms with Crippen LogP contribution in [0.5, 0.6) is 0 Å². The molecule has 1 saturated heterocycles. The summed E-state index contributed by atoms with van der Waals surface area (Å²) in [6, 6.07) is 10.8. The molecule has 0 unspecified atom stereocenters. The molecule has 2 aromatic carbocycles. The van der Waals surface area contributed by atoms with Gasteiger partial charge in [-0.1, -0.05) is 30.3 Å². The number of sulfonamides is 1. The summed E-state index contributed by atoms with van der Waals surface area (Å²) >= 11 is 0. The van der Waals surface area contributed by atoms with Gasteiger partial charge < -0.3 is 10.2 Å². The number of carbonyl (C=O) groups is 1. The molecule has 0 radical (unpaired) electrons. The van der Waals surface area contributed by atoms with Gasteiger partial charge in [-0.05, 0) is 22.9 Å². The number of β-amino-alcohol motifs (C(OH)–C–C–N with tert-alkyl or cyclic N) is 1. The molecule has 7 heteroatoms. The van der Waals surface area contributed by atoms with Gasteiger partial charge in [0, 0.05) is 13.0 Å². The Hall–Kier alpha value is -1.96. The number of aliphatic carboxylic acids is 1. The van der Waals surface area contributed by atoms with E-state index in [-0.39, 0.29) is 17.9 Å². The standard InChI is InChI=1S/C15H15NO5S/c17-12-8-14(15(18)19)16(9-12)22(20,21)13-6-5-10-3-1-2-4-11(10)7-13/h1-7,12,14,17H,8-9H2,(H,18,19)/t12-,14+/m1/s1. The highest BCUT2D eigenvalue weighted by molar-refractivity contribution is 7.89. The number of carboxylic acid groups (broad SMARTS) is 1.